The van der Waals surface area contributed by atoms with E-state index in [0.717, 1.165) is 0 Å². The molecule has 3 rings (SSSR count). The predicted molar refractivity (Wildman–Crippen MR) is 84.8 cm³/mol. The van der Waals surface area contributed by atoms with Crippen molar-refractivity contribution in [3.63, 3.8) is 0 Å². The molecule has 0 saturated carbocycles. The van der Waals surface area contributed by atoms with Crippen molar-refractivity contribution in [1.29, 1.82) is 0 Å². The molecule has 1 aromatic heterocycles. The van der Waals surface area contributed by atoms with Gasteiger partial charge in [0, 0.05) is 25.2 Å². The summed E-state index contributed by atoms with van der Waals surface area (Å²) in [4.78, 5) is 29.5. The van der Waals surface area contributed by atoms with Gasteiger partial charge >= 0.3 is 5.97 Å². The van der Waals surface area contributed by atoms with Gasteiger partial charge in [0.1, 0.15) is 11.6 Å². The van der Waals surface area contributed by atoms with Crippen LogP contribution in [-0.2, 0) is 4.79 Å². The van der Waals surface area contributed by atoms with E-state index in [1.807, 2.05) is 0 Å². The molecule has 0 aliphatic carbocycles. The Labute approximate surface area is 137 Å². The number of amides is 1. The summed E-state index contributed by atoms with van der Waals surface area (Å²) in [6.07, 6.45) is 1.37. The molecule has 0 unspecified atom stereocenters. The van der Waals surface area contributed by atoms with Gasteiger partial charge in [-0.2, -0.15) is 0 Å². The van der Waals surface area contributed by atoms with Gasteiger partial charge in [0.05, 0.1) is 11.5 Å². The summed E-state index contributed by atoms with van der Waals surface area (Å²) < 4.78 is 13.1. The number of carboxylic acids is 1. The topological polar surface area (TPSA) is 96.5 Å². The predicted octanol–water partition coefficient (Wildman–Crippen LogP) is 1.74. The van der Waals surface area contributed by atoms with Crippen LogP contribution in [0.2, 0.25) is 0 Å². The normalized spacial score (nSPS) is 20.1. The smallest absolute Gasteiger partial charge is 0.308 e. The van der Waals surface area contributed by atoms with Crippen LogP contribution in [0, 0.1) is 11.7 Å². The zero-order valence-corrected chi connectivity index (χ0v) is 12.7. The van der Waals surface area contributed by atoms with Crippen LogP contribution in [0.1, 0.15) is 21.8 Å². The number of rotatable bonds is 3. The van der Waals surface area contributed by atoms with Crippen LogP contribution in [0.4, 0.5) is 10.2 Å². The molecule has 2 aromatic rings. The van der Waals surface area contributed by atoms with E-state index in [9.17, 15) is 19.1 Å². The number of pyridine rings is 1. The van der Waals surface area contributed by atoms with Crippen LogP contribution in [0.5, 0.6) is 0 Å². The van der Waals surface area contributed by atoms with Crippen molar-refractivity contribution in [3.05, 3.63) is 59.5 Å². The lowest BCUT2D eigenvalue weighted by Crippen LogP contribution is -2.30. The Balaban J connectivity index is 1.84. The number of likely N-dealkylation sites (tertiary alicyclic amines) is 1. The van der Waals surface area contributed by atoms with Gasteiger partial charge in [0.2, 0.25) is 0 Å². The second-order valence-corrected chi connectivity index (χ2v) is 5.78. The molecule has 0 radical (unpaired) electrons. The lowest BCUT2D eigenvalue weighted by atomic mass is 9.89. The number of aliphatic carboxylic acids is 1. The molecule has 1 fully saturated rings. The largest absolute Gasteiger partial charge is 0.481 e. The van der Waals surface area contributed by atoms with Crippen LogP contribution in [0.15, 0.2) is 42.6 Å². The molecule has 2 atom stereocenters. The Morgan fingerprint density at radius 1 is 1.17 bits per heavy atom. The summed E-state index contributed by atoms with van der Waals surface area (Å²) in [6.45, 7) is 0.354. The van der Waals surface area contributed by atoms with Crippen LogP contribution < -0.4 is 5.73 Å². The summed E-state index contributed by atoms with van der Waals surface area (Å²) in [5, 5.41) is 9.47. The Kier molecular flexibility index (Phi) is 4.16. The number of hydrogen-bond donors (Lipinski definition) is 2. The number of benzene rings is 1. The molecule has 0 spiro atoms. The summed E-state index contributed by atoms with van der Waals surface area (Å²) >= 11 is 0. The van der Waals surface area contributed by atoms with Crippen LogP contribution in [0.3, 0.4) is 0 Å². The van der Waals surface area contributed by atoms with Crippen molar-refractivity contribution in [2.45, 2.75) is 5.92 Å². The highest BCUT2D eigenvalue weighted by Crippen LogP contribution is 2.33. The van der Waals surface area contributed by atoms with E-state index >= 15 is 0 Å². The maximum absolute atomic E-state index is 13.1. The van der Waals surface area contributed by atoms with Gasteiger partial charge in [-0.05, 0) is 29.8 Å². The molecule has 124 valence electrons. The molecule has 24 heavy (non-hydrogen) atoms. The van der Waals surface area contributed by atoms with Crippen molar-refractivity contribution < 1.29 is 19.1 Å². The second kappa shape index (κ2) is 6.27. The van der Waals surface area contributed by atoms with E-state index in [0.29, 0.717) is 16.9 Å². The van der Waals surface area contributed by atoms with Crippen LogP contribution in [0.25, 0.3) is 0 Å². The zero-order valence-electron chi connectivity index (χ0n) is 12.7. The molecule has 1 saturated heterocycles. The summed E-state index contributed by atoms with van der Waals surface area (Å²) in [7, 11) is 0. The third-order valence-corrected chi connectivity index (χ3v) is 4.26. The number of nitrogen functional groups attached to an aromatic ring is 1. The molecule has 7 heteroatoms. The Morgan fingerprint density at radius 3 is 2.46 bits per heavy atom. The maximum Gasteiger partial charge on any atom is 0.308 e. The fourth-order valence-corrected chi connectivity index (χ4v) is 2.98. The summed E-state index contributed by atoms with van der Waals surface area (Å²) in [5.74, 6) is -2.46. The van der Waals surface area contributed by atoms with Gasteiger partial charge in [-0.1, -0.05) is 12.1 Å². The number of hydrogen-bond acceptors (Lipinski definition) is 4. The molecular weight excluding hydrogens is 313 g/mol. The number of anilines is 1. The van der Waals surface area contributed by atoms with Crippen LogP contribution in [-0.4, -0.2) is 40.0 Å². The number of nitrogens with zero attached hydrogens (tertiary/aromatic N) is 2. The number of aromatic nitrogens is 1. The number of nitrogens with two attached hydrogens (primary N) is 1. The molecule has 1 amide bonds. The van der Waals surface area contributed by atoms with Gasteiger partial charge in [-0.3, -0.25) is 9.59 Å². The minimum absolute atomic E-state index is 0.0978. The van der Waals surface area contributed by atoms with Gasteiger partial charge in [-0.15, -0.1) is 0 Å². The molecule has 1 aliphatic rings. The fourth-order valence-electron chi connectivity index (χ4n) is 2.98. The lowest BCUT2D eigenvalue weighted by molar-refractivity contribution is -0.141. The molecule has 2 heterocycles. The number of carbonyl (C=O) groups is 2. The van der Waals surface area contributed by atoms with Crippen molar-refractivity contribution >= 4 is 17.7 Å². The third kappa shape index (κ3) is 3.05. The summed E-state index contributed by atoms with van der Waals surface area (Å²) in [6, 6.07) is 8.80. The van der Waals surface area contributed by atoms with E-state index < -0.39 is 11.9 Å². The molecule has 6 nitrogen and oxygen atoms in total. The van der Waals surface area contributed by atoms with Crippen LogP contribution >= 0.6 is 0 Å². The first-order valence-corrected chi connectivity index (χ1v) is 7.45. The highest BCUT2D eigenvalue weighted by Gasteiger charge is 2.40. The highest BCUT2D eigenvalue weighted by molar-refractivity contribution is 5.94. The number of carboxylic acid groups (broad SMARTS) is 1. The third-order valence-electron chi connectivity index (χ3n) is 4.26. The van der Waals surface area contributed by atoms with Crippen molar-refractivity contribution in [2.24, 2.45) is 5.92 Å². The van der Waals surface area contributed by atoms with Gasteiger partial charge < -0.3 is 15.7 Å². The van der Waals surface area contributed by atoms with Gasteiger partial charge in [0.25, 0.3) is 5.91 Å². The first-order valence-electron chi connectivity index (χ1n) is 7.45. The molecule has 1 aliphatic heterocycles. The highest BCUT2D eigenvalue weighted by atomic mass is 19.1. The van der Waals surface area contributed by atoms with Gasteiger partial charge in [0.15, 0.2) is 0 Å². The Bertz CT molecular complexity index is 762. The SMILES string of the molecule is Nc1ccc(C(=O)N2C[C@H](C(=O)O)[C@@H](c3ccc(F)cc3)C2)cn1. The summed E-state index contributed by atoms with van der Waals surface area (Å²) in [5.41, 5.74) is 6.57. The molecule has 1 aromatic carbocycles. The minimum atomic E-state index is -0.977. The average molecular weight is 329 g/mol. The van der Waals surface area contributed by atoms with Crippen molar-refractivity contribution in [2.75, 3.05) is 18.8 Å². The monoisotopic (exact) mass is 329 g/mol. The average Bonchev–Trinajstić information content (AvgIpc) is 3.01. The lowest BCUT2D eigenvalue weighted by Gasteiger charge is -2.16. The standard InChI is InChI=1S/C17H16FN3O3/c18-12-4-1-10(2-5-12)13-8-21(9-14(13)17(23)24)16(22)11-3-6-15(19)20-7-11/h1-7,13-14H,8-9H2,(H2,19,20)(H,23,24)/t13-,14+/m1/s1. The first-order chi connectivity index (χ1) is 11.5. The minimum Gasteiger partial charge on any atom is -0.481 e. The van der Waals surface area contributed by atoms with E-state index in [1.54, 1.807) is 18.2 Å². The maximum atomic E-state index is 13.1. The van der Waals surface area contributed by atoms with E-state index in [4.69, 9.17) is 5.73 Å². The second-order valence-electron chi connectivity index (χ2n) is 5.78. The number of carbonyl (C=O) groups excluding carboxylic acids is 1. The van der Waals surface area contributed by atoms with Crippen molar-refractivity contribution in [3.8, 4) is 0 Å². The van der Waals surface area contributed by atoms with E-state index in [2.05, 4.69) is 4.98 Å². The molecule has 3 N–H and O–H groups in total. The Morgan fingerprint density at radius 2 is 1.88 bits per heavy atom. The first kappa shape index (κ1) is 15.9. The molecule has 0 bridgehead atoms. The van der Waals surface area contributed by atoms with Crippen molar-refractivity contribution in [1.82, 2.24) is 9.88 Å². The zero-order chi connectivity index (χ0) is 17.3. The Hall–Kier alpha value is -2.96. The van der Waals surface area contributed by atoms with Gasteiger partial charge in [-0.25, -0.2) is 9.37 Å². The van der Waals surface area contributed by atoms with E-state index in [-0.39, 0.29) is 30.7 Å². The quantitative estimate of drug-likeness (QED) is 0.894. The molecular formula is C17H16FN3O3. The number of halogens is 1. The van der Waals surface area contributed by atoms with E-state index in [1.165, 1.54) is 29.3 Å². The fraction of sp³-hybridized carbons (Fsp3) is 0.235.